The van der Waals surface area contributed by atoms with Gasteiger partial charge in [0.25, 0.3) is 0 Å². The van der Waals surface area contributed by atoms with Gasteiger partial charge in [0.15, 0.2) is 16.6 Å². The van der Waals surface area contributed by atoms with Gasteiger partial charge in [-0.05, 0) is 13.0 Å². The molecule has 1 atom stereocenters. The first kappa shape index (κ1) is 22.9. The molecule has 0 aliphatic carbocycles. The fourth-order valence-electron chi connectivity index (χ4n) is 3.26. The average molecular weight is 492 g/mol. The minimum atomic E-state index is -0.975. The lowest BCUT2D eigenvalue weighted by molar-refractivity contribution is -0.0592. The molecule has 12 nitrogen and oxygen atoms in total. The molecule has 4 rings (SSSR count). The first-order valence-electron chi connectivity index (χ1n) is 9.53. The summed E-state index contributed by atoms with van der Waals surface area (Å²) in [5.74, 6) is 0.329. The second-order valence-corrected chi connectivity index (χ2v) is 7.85. The number of anilines is 2. The van der Waals surface area contributed by atoms with Crippen molar-refractivity contribution in [3.63, 3.8) is 0 Å². The van der Waals surface area contributed by atoms with Crippen LogP contribution >= 0.6 is 23.2 Å². The molecule has 0 saturated carbocycles. The molecule has 0 fully saturated rings. The Hall–Kier alpha value is -3.32. The number of fused-ring (bicyclic) bond motifs is 1. The summed E-state index contributed by atoms with van der Waals surface area (Å²) < 4.78 is 12.6. The van der Waals surface area contributed by atoms with Crippen LogP contribution in [0.15, 0.2) is 36.9 Å². The molecule has 4 aromatic heterocycles. The number of nitrogens with zero attached hydrogens (tertiary/aromatic N) is 7. The number of nitrogens with one attached hydrogen (secondary N) is 2. The van der Waals surface area contributed by atoms with E-state index in [4.69, 9.17) is 32.7 Å². The highest BCUT2D eigenvalue weighted by molar-refractivity contribution is 6.32. The van der Waals surface area contributed by atoms with Crippen molar-refractivity contribution < 1.29 is 14.3 Å². The number of urea groups is 1. The molecule has 0 spiro atoms. The third kappa shape index (κ3) is 4.59. The fraction of sp³-hybridized carbons (Fsp3) is 0.263. The predicted octanol–water partition coefficient (Wildman–Crippen LogP) is 3.16. The second-order valence-electron chi connectivity index (χ2n) is 7.05. The Bertz CT molecular complexity index is 1300. The number of hydrogen-bond donors (Lipinski definition) is 2. The number of methoxy groups -OCH3 is 2. The first-order valence-corrected chi connectivity index (χ1v) is 10.3. The van der Waals surface area contributed by atoms with Crippen molar-refractivity contribution in [2.45, 2.75) is 12.5 Å². The van der Waals surface area contributed by atoms with Crippen LogP contribution in [0, 0.1) is 0 Å². The highest BCUT2D eigenvalue weighted by Gasteiger charge is 2.34. The van der Waals surface area contributed by atoms with Gasteiger partial charge in [-0.25, -0.2) is 19.3 Å². The lowest BCUT2D eigenvalue weighted by Crippen LogP contribution is -2.35. The Kier molecular flexibility index (Phi) is 6.42. The lowest BCUT2D eigenvalue weighted by atomic mass is 10.0. The number of carbonyl (C=O) groups excluding carboxylic acids is 1. The van der Waals surface area contributed by atoms with Crippen molar-refractivity contribution in [2.75, 3.05) is 31.5 Å². The summed E-state index contributed by atoms with van der Waals surface area (Å²) in [5, 5.41) is 18.2. The molecule has 0 aliphatic heterocycles. The molecule has 0 aromatic carbocycles. The smallest absolute Gasteiger partial charge is 0.323 e. The number of pyridine rings is 1. The molecule has 0 aliphatic rings. The van der Waals surface area contributed by atoms with Gasteiger partial charge in [0.1, 0.15) is 11.3 Å². The van der Waals surface area contributed by atoms with Gasteiger partial charge in [-0.15, -0.1) is 4.80 Å². The van der Waals surface area contributed by atoms with Crippen molar-refractivity contribution >= 4 is 46.3 Å². The number of rotatable bonds is 7. The lowest BCUT2D eigenvalue weighted by Gasteiger charge is -2.29. The van der Waals surface area contributed by atoms with Gasteiger partial charge in [0.2, 0.25) is 0 Å². The Morgan fingerprint density at radius 2 is 1.88 bits per heavy atom. The molecule has 0 bridgehead atoms. The zero-order valence-electron chi connectivity index (χ0n) is 17.8. The van der Waals surface area contributed by atoms with Gasteiger partial charge in [-0.3, -0.25) is 0 Å². The number of ether oxygens (including phenoxy) is 2. The third-order valence-electron chi connectivity index (χ3n) is 4.76. The average Bonchev–Trinajstić information content (AvgIpc) is 3.42. The van der Waals surface area contributed by atoms with E-state index in [9.17, 15) is 4.79 Å². The van der Waals surface area contributed by atoms with Crippen LogP contribution in [-0.2, 0) is 15.1 Å². The van der Waals surface area contributed by atoms with Crippen molar-refractivity contribution in [1.29, 1.82) is 0 Å². The first-order chi connectivity index (χ1) is 15.8. The highest BCUT2D eigenvalue weighted by Crippen LogP contribution is 2.32. The van der Waals surface area contributed by atoms with Crippen LogP contribution in [0.2, 0.25) is 10.2 Å². The van der Waals surface area contributed by atoms with Crippen LogP contribution < -0.4 is 10.6 Å². The van der Waals surface area contributed by atoms with Crippen LogP contribution in [0.4, 0.5) is 16.2 Å². The van der Waals surface area contributed by atoms with E-state index < -0.39 is 11.6 Å². The van der Waals surface area contributed by atoms with Crippen LogP contribution in [0.25, 0.3) is 11.5 Å². The van der Waals surface area contributed by atoms with E-state index in [2.05, 4.69) is 35.9 Å². The monoisotopic (exact) mass is 491 g/mol. The fourth-order valence-corrected chi connectivity index (χ4v) is 3.68. The molecular weight excluding hydrogens is 473 g/mol. The van der Waals surface area contributed by atoms with Gasteiger partial charge in [0, 0.05) is 20.3 Å². The maximum atomic E-state index is 12.8. The molecular formula is C19H19Cl2N9O3. The molecule has 2 amide bonds. The molecule has 0 radical (unpaired) electrons. The maximum absolute atomic E-state index is 12.8. The van der Waals surface area contributed by atoms with Crippen molar-refractivity contribution in [2.24, 2.45) is 0 Å². The van der Waals surface area contributed by atoms with Gasteiger partial charge >= 0.3 is 6.03 Å². The predicted molar refractivity (Wildman–Crippen MR) is 121 cm³/mol. The van der Waals surface area contributed by atoms with E-state index in [1.807, 2.05) is 0 Å². The summed E-state index contributed by atoms with van der Waals surface area (Å²) in [6.45, 7) is 1.98. The van der Waals surface area contributed by atoms with Gasteiger partial charge in [-0.2, -0.15) is 15.3 Å². The third-order valence-corrected chi connectivity index (χ3v) is 5.22. The molecule has 14 heteroatoms. The number of halogens is 2. The molecule has 2 N–H and O–H groups in total. The Labute approximate surface area is 197 Å². The van der Waals surface area contributed by atoms with E-state index >= 15 is 0 Å². The minimum absolute atomic E-state index is 0.179. The topological polar surface area (TPSA) is 133 Å². The molecule has 0 saturated heterocycles. The van der Waals surface area contributed by atoms with Crippen LogP contribution in [0.1, 0.15) is 12.6 Å². The number of hydrogen-bond acceptors (Lipinski definition) is 8. The SMILES string of the molecule is COCC(C)(OC)c1c(NC(=O)Nc2cnc(-n3nccn3)c(Cl)c2)cnc2cc(Cl)nn12. The van der Waals surface area contributed by atoms with E-state index in [1.165, 1.54) is 47.3 Å². The van der Waals surface area contributed by atoms with Crippen molar-refractivity contribution in [3.05, 3.63) is 52.8 Å². The van der Waals surface area contributed by atoms with Crippen molar-refractivity contribution in [3.8, 4) is 5.82 Å². The molecule has 4 aromatic rings. The Balaban J connectivity index is 1.63. The standard InChI is InChI=1S/C19H19Cl2N9O3/c1-19(33-3,10-32-2)16-13(9-22-15-7-14(21)28-29(15)16)27-18(31)26-11-6-12(20)17(23-8-11)30-24-4-5-25-30/h4-9H,10H2,1-3H3,(H2,26,27,31). The van der Waals surface area contributed by atoms with Crippen molar-refractivity contribution in [1.82, 2.24) is 34.6 Å². The summed E-state index contributed by atoms with van der Waals surface area (Å²) >= 11 is 12.4. The zero-order valence-corrected chi connectivity index (χ0v) is 19.3. The van der Waals surface area contributed by atoms with Gasteiger partial charge in [-0.1, -0.05) is 23.2 Å². The summed E-state index contributed by atoms with van der Waals surface area (Å²) in [6, 6.07) is 2.57. The van der Waals surface area contributed by atoms with Gasteiger partial charge in [0.05, 0.1) is 47.8 Å². The summed E-state index contributed by atoms with van der Waals surface area (Å²) in [7, 11) is 3.08. The van der Waals surface area contributed by atoms with Gasteiger partial charge < -0.3 is 20.1 Å². The number of carbonyl (C=O) groups is 1. The van der Waals surface area contributed by atoms with Crippen LogP contribution in [0.5, 0.6) is 0 Å². The summed E-state index contributed by atoms with van der Waals surface area (Å²) in [4.78, 5) is 22.6. The highest BCUT2D eigenvalue weighted by atomic mass is 35.5. The van der Waals surface area contributed by atoms with Crippen LogP contribution in [-0.4, -0.2) is 61.4 Å². The Morgan fingerprint density at radius 1 is 1.12 bits per heavy atom. The normalized spacial score (nSPS) is 13.1. The quantitative estimate of drug-likeness (QED) is 0.402. The maximum Gasteiger partial charge on any atom is 0.323 e. The number of amides is 2. The van der Waals surface area contributed by atoms with E-state index in [1.54, 1.807) is 20.1 Å². The Morgan fingerprint density at radius 3 is 2.55 bits per heavy atom. The molecule has 172 valence electrons. The summed E-state index contributed by atoms with van der Waals surface area (Å²) in [6.07, 6.45) is 5.94. The summed E-state index contributed by atoms with van der Waals surface area (Å²) in [5.41, 5.74) is 0.710. The largest absolute Gasteiger partial charge is 0.381 e. The molecule has 4 heterocycles. The number of aromatic nitrogens is 7. The van der Waals surface area contributed by atoms with Crippen LogP contribution in [0.3, 0.4) is 0 Å². The molecule has 33 heavy (non-hydrogen) atoms. The minimum Gasteiger partial charge on any atom is -0.381 e. The molecule has 1 unspecified atom stereocenters. The zero-order chi connectivity index (χ0) is 23.6. The van der Waals surface area contributed by atoms with E-state index in [0.717, 1.165) is 0 Å². The van der Waals surface area contributed by atoms with E-state index in [-0.39, 0.29) is 16.8 Å². The second kappa shape index (κ2) is 9.27. The van der Waals surface area contributed by atoms with E-state index in [0.29, 0.717) is 28.5 Å².